The highest BCUT2D eigenvalue weighted by molar-refractivity contribution is 8.00. The highest BCUT2D eigenvalue weighted by Gasteiger charge is 2.18. The number of benzene rings is 1. The van der Waals surface area contributed by atoms with Crippen LogP contribution < -0.4 is 0 Å². The first-order valence-corrected chi connectivity index (χ1v) is 10.1. The van der Waals surface area contributed by atoms with Crippen LogP contribution in [0.4, 0.5) is 4.39 Å². The summed E-state index contributed by atoms with van der Waals surface area (Å²) in [6.07, 6.45) is 0. The molecule has 8 heteroatoms. The maximum Gasteiger partial charge on any atom is 0.232 e. The second-order valence-electron chi connectivity index (χ2n) is 5.63. The van der Waals surface area contributed by atoms with Crippen molar-refractivity contribution in [2.24, 2.45) is 0 Å². The first-order chi connectivity index (χ1) is 12.5. The summed E-state index contributed by atoms with van der Waals surface area (Å²) in [5.74, 6) is 0.0859. The molecule has 0 unspecified atom stereocenters. The number of fused-ring (bicyclic) bond motifs is 1. The fourth-order valence-electron chi connectivity index (χ4n) is 2.61. The van der Waals surface area contributed by atoms with Gasteiger partial charge in [0.15, 0.2) is 0 Å². The number of nitrogens with zero attached hydrogens (tertiary/aromatic N) is 4. The van der Waals surface area contributed by atoms with Crippen LogP contribution in [0.3, 0.4) is 0 Å². The smallest absolute Gasteiger partial charge is 0.232 e. The minimum Gasteiger partial charge on any atom is -0.343 e. The van der Waals surface area contributed by atoms with Crippen molar-refractivity contribution in [3.05, 3.63) is 35.1 Å². The molecule has 1 aromatic carbocycles. The Bertz CT molecular complexity index is 923. The van der Waals surface area contributed by atoms with Crippen LogP contribution in [0.2, 0.25) is 0 Å². The SMILES string of the molecule is CCN(CC)C(=O)CSc1nnc(-c2ccc(F)cc2)c2sc(C)nc12. The van der Waals surface area contributed by atoms with Crippen LogP contribution in [0.15, 0.2) is 29.3 Å². The van der Waals surface area contributed by atoms with Crippen LogP contribution in [-0.4, -0.2) is 44.8 Å². The van der Waals surface area contributed by atoms with Crippen molar-refractivity contribution >= 4 is 39.2 Å². The maximum atomic E-state index is 13.2. The Morgan fingerprint density at radius 3 is 2.54 bits per heavy atom. The molecule has 1 amide bonds. The van der Waals surface area contributed by atoms with Gasteiger partial charge < -0.3 is 4.90 Å². The van der Waals surface area contributed by atoms with E-state index in [-0.39, 0.29) is 11.7 Å². The number of carbonyl (C=O) groups is 1. The Kier molecular flexibility index (Phi) is 5.83. The van der Waals surface area contributed by atoms with Gasteiger partial charge in [-0.05, 0) is 45.0 Å². The Morgan fingerprint density at radius 1 is 1.19 bits per heavy atom. The van der Waals surface area contributed by atoms with Gasteiger partial charge in [-0.2, -0.15) is 0 Å². The van der Waals surface area contributed by atoms with Crippen LogP contribution in [0, 0.1) is 12.7 Å². The maximum absolute atomic E-state index is 13.2. The minimum absolute atomic E-state index is 0.0736. The molecule has 0 fully saturated rings. The first-order valence-electron chi connectivity index (χ1n) is 8.33. The highest BCUT2D eigenvalue weighted by Crippen LogP contribution is 2.35. The van der Waals surface area contributed by atoms with E-state index in [0.717, 1.165) is 20.8 Å². The normalized spacial score (nSPS) is 11.1. The molecule has 0 N–H and O–H groups in total. The Morgan fingerprint density at radius 2 is 1.88 bits per heavy atom. The molecule has 0 aliphatic heterocycles. The lowest BCUT2D eigenvalue weighted by molar-refractivity contribution is -0.127. The number of amides is 1. The fraction of sp³-hybridized carbons (Fsp3) is 0.333. The van der Waals surface area contributed by atoms with Gasteiger partial charge in [-0.25, -0.2) is 9.37 Å². The Hall–Kier alpha value is -2.06. The van der Waals surface area contributed by atoms with E-state index in [1.807, 2.05) is 20.8 Å². The van der Waals surface area contributed by atoms with E-state index in [0.29, 0.717) is 29.6 Å². The van der Waals surface area contributed by atoms with E-state index in [1.165, 1.54) is 35.2 Å². The molecule has 2 heterocycles. The number of thiazole rings is 1. The lowest BCUT2D eigenvalue weighted by Crippen LogP contribution is -2.31. The summed E-state index contributed by atoms with van der Waals surface area (Å²) in [5.41, 5.74) is 2.23. The number of carbonyl (C=O) groups excluding carboxylic acids is 1. The molecule has 3 aromatic rings. The van der Waals surface area contributed by atoms with Crippen LogP contribution in [0.1, 0.15) is 18.9 Å². The van der Waals surface area contributed by atoms with Crippen LogP contribution >= 0.6 is 23.1 Å². The van der Waals surface area contributed by atoms with Gasteiger partial charge in [-0.3, -0.25) is 4.79 Å². The molecular weight excluding hydrogens is 371 g/mol. The molecule has 0 spiro atoms. The fourth-order valence-corrected chi connectivity index (χ4v) is 4.43. The number of rotatable bonds is 6. The van der Waals surface area contributed by atoms with Gasteiger partial charge in [-0.1, -0.05) is 11.8 Å². The van der Waals surface area contributed by atoms with Crippen LogP contribution in [0.5, 0.6) is 0 Å². The summed E-state index contributed by atoms with van der Waals surface area (Å²) in [7, 11) is 0. The van der Waals surface area contributed by atoms with Crippen molar-refractivity contribution in [2.45, 2.75) is 25.8 Å². The highest BCUT2D eigenvalue weighted by atomic mass is 32.2. The van der Waals surface area contributed by atoms with Crippen molar-refractivity contribution in [1.29, 1.82) is 0 Å². The summed E-state index contributed by atoms with van der Waals surface area (Å²) in [5, 5.41) is 10.2. The lowest BCUT2D eigenvalue weighted by atomic mass is 10.1. The summed E-state index contributed by atoms with van der Waals surface area (Å²) in [6.45, 7) is 7.23. The van der Waals surface area contributed by atoms with E-state index in [2.05, 4.69) is 15.2 Å². The van der Waals surface area contributed by atoms with Crippen LogP contribution in [0.25, 0.3) is 21.5 Å². The van der Waals surface area contributed by atoms with E-state index < -0.39 is 0 Å². The van der Waals surface area contributed by atoms with E-state index in [9.17, 15) is 9.18 Å². The molecule has 26 heavy (non-hydrogen) atoms. The summed E-state index contributed by atoms with van der Waals surface area (Å²) < 4.78 is 14.1. The number of thioether (sulfide) groups is 1. The summed E-state index contributed by atoms with van der Waals surface area (Å²) in [4.78, 5) is 18.6. The molecule has 0 aliphatic carbocycles. The number of hydrogen-bond donors (Lipinski definition) is 0. The number of aryl methyl sites for hydroxylation is 1. The van der Waals surface area contributed by atoms with Gasteiger partial charge in [0.1, 0.15) is 22.1 Å². The lowest BCUT2D eigenvalue weighted by Gasteiger charge is -2.17. The van der Waals surface area contributed by atoms with Gasteiger partial charge >= 0.3 is 0 Å². The quantitative estimate of drug-likeness (QED) is 0.592. The third-order valence-electron chi connectivity index (χ3n) is 3.96. The number of hydrogen-bond acceptors (Lipinski definition) is 6. The van der Waals surface area contributed by atoms with E-state index in [4.69, 9.17) is 0 Å². The van der Waals surface area contributed by atoms with Crippen molar-refractivity contribution in [3.8, 4) is 11.3 Å². The monoisotopic (exact) mass is 390 g/mol. The zero-order valence-corrected chi connectivity index (χ0v) is 16.5. The molecule has 0 aliphatic rings. The molecule has 2 aromatic heterocycles. The second-order valence-corrected chi connectivity index (χ2v) is 7.79. The van der Waals surface area contributed by atoms with E-state index >= 15 is 0 Å². The van der Waals surface area contributed by atoms with Crippen molar-refractivity contribution < 1.29 is 9.18 Å². The van der Waals surface area contributed by atoms with E-state index in [1.54, 1.807) is 17.0 Å². The number of halogens is 1. The Labute approximate surface area is 159 Å². The zero-order chi connectivity index (χ0) is 18.7. The molecule has 3 rings (SSSR count). The van der Waals surface area contributed by atoms with Gasteiger partial charge in [0, 0.05) is 18.7 Å². The average Bonchev–Trinajstić information content (AvgIpc) is 3.03. The summed E-state index contributed by atoms with van der Waals surface area (Å²) >= 11 is 2.88. The molecule has 0 bridgehead atoms. The predicted molar refractivity (Wildman–Crippen MR) is 104 cm³/mol. The standard InChI is InChI=1S/C18H19FN4OS2/c1-4-23(5-2)14(24)10-25-18-16-17(26-11(3)20-16)15(21-22-18)12-6-8-13(19)9-7-12/h6-9H,4-5,10H2,1-3H3. The van der Waals surface area contributed by atoms with Crippen molar-refractivity contribution in [2.75, 3.05) is 18.8 Å². The third kappa shape index (κ3) is 3.86. The van der Waals surface area contributed by atoms with Crippen molar-refractivity contribution in [3.63, 3.8) is 0 Å². The van der Waals surface area contributed by atoms with Gasteiger partial charge in [0.05, 0.1) is 15.5 Å². The topological polar surface area (TPSA) is 59.0 Å². The van der Waals surface area contributed by atoms with Gasteiger partial charge in [-0.15, -0.1) is 21.5 Å². The zero-order valence-electron chi connectivity index (χ0n) is 14.8. The Balaban J connectivity index is 1.93. The molecule has 0 saturated carbocycles. The second kappa shape index (κ2) is 8.09. The van der Waals surface area contributed by atoms with Crippen molar-refractivity contribution in [1.82, 2.24) is 20.1 Å². The predicted octanol–water partition coefficient (Wildman–Crippen LogP) is 4.16. The molecule has 0 atom stereocenters. The van der Waals surface area contributed by atoms with Gasteiger partial charge in [0.2, 0.25) is 5.91 Å². The molecule has 5 nitrogen and oxygen atoms in total. The minimum atomic E-state index is -0.291. The molecule has 136 valence electrons. The largest absolute Gasteiger partial charge is 0.343 e. The van der Waals surface area contributed by atoms with Crippen LogP contribution in [-0.2, 0) is 4.79 Å². The average molecular weight is 391 g/mol. The molecule has 0 radical (unpaired) electrons. The first kappa shape index (κ1) is 18.7. The molecular formula is C18H19FN4OS2. The molecule has 0 saturated heterocycles. The third-order valence-corrected chi connectivity index (χ3v) is 5.88. The number of aromatic nitrogens is 3. The van der Waals surface area contributed by atoms with Gasteiger partial charge in [0.25, 0.3) is 0 Å². The summed E-state index contributed by atoms with van der Waals surface area (Å²) in [6, 6.07) is 6.18.